The molecule has 2 aromatic rings. The zero-order valence-electron chi connectivity index (χ0n) is 9.60. The summed E-state index contributed by atoms with van der Waals surface area (Å²) in [5.41, 5.74) is 0.987. The summed E-state index contributed by atoms with van der Waals surface area (Å²) in [6.07, 6.45) is 1.72. The Kier molecular flexibility index (Phi) is 2.81. The van der Waals surface area contributed by atoms with Crippen LogP contribution in [0.25, 0.3) is 11.3 Å². The topological polar surface area (TPSA) is 38.5 Å². The number of ether oxygens (including phenoxy) is 1. The van der Waals surface area contributed by atoms with Crippen LogP contribution >= 0.6 is 0 Å². The Balaban J connectivity index is 2.28. The molecule has 0 aliphatic carbocycles. The van der Waals surface area contributed by atoms with Gasteiger partial charge < -0.3 is 14.1 Å². The van der Waals surface area contributed by atoms with Gasteiger partial charge in [-0.25, -0.2) is 4.98 Å². The maximum atomic E-state index is 5.58. The summed E-state index contributed by atoms with van der Waals surface area (Å²) in [5, 5.41) is 0. The average Bonchev–Trinajstić information content (AvgIpc) is 2.78. The van der Waals surface area contributed by atoms with Crippen LogP contribution in [-0.2, 0) is 0 Å². The summed E-state index contributed by atoms with van der Waals surface area (Å²) in [6.45, 7) is 0. The monoisotopic (exact) mass is 218 g/mol. The second kappa shape index (κ2) is 4.26. The summed E-state index contributed by atoms with van der Waals surface area (Å²) in [4.78, 5) is 5.99. The number of oxazole rings is 1. The van der Waals surface area contributed by atoms with E-state index in [9.17, 15) is 0 Å². The van der Waals surface area contributed by atoms with Crippen LogP contribution in [0.15, 0.2) is 34.9 Å². The normalized spacial score (nSPS) is 10.2. The lowest BCUT2D eigenvalue weighted by Crippen LogP contribution is -2.08. The zero-order valence-corrected chi connectivity index (χ0v) is 9.60. The predicted molar refractivity (Wildman–Crippen MR) is 62.8 cm³/mol. The number of aromatic nitrogens is 1. The molecular formula is C12H14N2O2. The molecule has 4 nitrogen and oxygen atoms in total. The Labute approximate surface area is 94.5 Å². The molecule has 1 heterocycles. The van der Waals surface area contributed by atoms with Crippen molar-refractivity contribution in [1.82, 2.24) is 4.98 Å². The highest BCUT2D eigenvalue weighted by Crippen LogP contribution is 2.25. The lowest BCUT2D eigenvalue weighted by Gasteiger charge is -2.04. The number of hydrogen-bond acceptors (Lipinski definition) is 4. The van der Waals surface area contributed by atoms with Crippen LogP contribution < -0.4 is 9.64 Å². The van der Waals surface area contributed by atoms with E-state index in [0.29, 0.717) is 6.01 Å². The number of benzene rings is 1. The number of hydrogen-bond donors (Lipinski definition) is 0. The summed E-state index contributed by atoms with van der Waals surface area (Å²) >= 11 is 0. The second-order valence-electron chi connectivity index (χ2n) is 3.63. The molecule has 0 saturated heterocycles. The van der Waals surface area contributed by atoms with Gasteiger partial charge in [0.05, 0.1) is 13.3 Å². The number of rotatable bonds is 3. The number of methoxy groups -OCH3 is 1. The fourth-order valence-corrected chi connectivity index (χ4v) is 1.36. The molecule has 16 heavy (non-hydrogen) atoms. The Morgan fingerprint density at radius 1 is 1.19 bits per heavy atom. The molecule has 0 unspecified atom stereocenters. The predicted octanol–water partition coefficient (Wildman–Crippen LogP) is 2.42. The van der Waals surface area contributed by atoms with E-state index >= 15 is 0 Å². The fourth-order valence-electron chi connectivity index (χ4n) is 1.36. The quantitative estimate of drug-likeness (QED) is 0.793. The molecule has 1 aromatic carbocycles. The SMILES string of the molecule is COc1ccc(-c2cnc(N(C)C)o2)cc1. The number of anilines is 1. The minimum Gasteiger partial charge on any atom is -0.497 e. The fraction of sp³-hybridized carbons (Fsp3) is 0.250. The smallest absolute Gasteiger partial charge is 0.297 e. The van der Waals surface area contributed by atoms with Gasteiger partial charge in [0.2, 0.25) is 0 Å². The van der Waals surface area contributed by atoms with Crippen molar-refractivity contribution in [3.8, 4) is 17.1 Å². The second-order valence-corrected chi connectivity index (χ2v) is 3.63. The third-order valence-electron chi connectivity index (χ3n) is 2.25. The van der Waals surface area contributed by atoms with Gasteiger partial charge in [0.25, 0.3) is 6.01 Å². The lowest BCUT2D eigenvalue weighted by atomic mass is 10.2. The molecule has 0 aliphatic heterocycles. The molecule has 0 fully saturated rings. The first-order chi connectivity index (χ1) is 7.70. The first kappa shape index (κ1) is 10.5. The van der Waals surface area contributed by atoms with Gasteiger partial charge in [-0.05, 0) is 24.3 Å². The van der Waals surface area contributed by atoms with Crippen molar-refractivity contribution < 1.29 is 9.15 Å². The molecule has 2 rings (SSSR count). The van der Waals surface area contributed by atoms with Gasteiger partial charge in [-0.2, -0.15) is 0 Å². The summed E-state index contributed by atoms with van der Waals surface area (Å²) in [7, 11) is 5.43. The van der Waals surface area contributed by atoms with Crippen LogP contribution in [0.2, 0.25) is 0 Å². The number of nitrogens with zero attached hydrogens (tertiary/aromatic N) is 2. The van der Waals surface area contributed by atoms with E-state index in [1.807, 2.05) is 43.3 Å². The van der Waals surface area contributed by atoms with Gasteiger partial charge in [-0.15, -0.1) is 0 Å². The Morgan fingerprint density at radius 3 is 2.38 bits per heavy atom. The zero-order chi connectivity index (χ0) is 11.5. The van der Waals surface area contributed by atoms with Crippen LogP contribution in [-0.4, -0.2) is 26.2 Å². The van der Waals surface area contributed by atoms with Crippen molar-refractivity contribution >= 4 is 6.01 Å². The summed E-state index contributed by atoms with van der Waals surface area (Å²) in [5.74, 6) is 1.59. The van der Waals surface area contributed by atoms with Gasteiger partial charge in [-0.3, -0.25) is 0 Å². The highest BCUT2D eigenvalue weighted by atomic mass is 16.5. The molecule has 0 amide bonds. The third-order valence-corrected chi connectivity index (χ3v) is 2.25. The van der Waals surface area contributed by atoms with Gasteiger partial charge >= 0.3 is 0 Å². The minimum absolute atomic E-state index is 0.603. The van der Waals surface area contributed by atoms with E-state index in [0.717, 1.165) is 17.1 Å². The van der Waals surface area contributed by atoms with Gasteiger partial charge in [0, 0.05) is 19.7 Å². The molecule has 4 heteroatoms. The van der Waals surface area contributed by atoms with Crippen molar-refractivity contribution in [2.45, 2.75) is 0 Å². The first-order valence-corrected chi connectivity index (χ1v) is 4.98. The maximum absolute atomic E-state index is 5.58. The van der Waals surface area contributed by atoms with Crippen LogP contribution in [0.1, 0.15) is 0 Å². The first-order valence-electron chi connectivity index (χ1n) is 4.98. The van der Waals surface area contributed by atoms with Crippen LogP contribution in [0.5, 0.6) is 5.75 Å². The molecule has 0 aliphatic rings. The Hall–Kier alpha value is -1.97. The van der Waals surface area contributed by atoms with Crippen molar-refractivity contribution in [3.05, 3.63) is 30.5 Å². The molecule has 0 radical (unpaired) electrons. The lowest BCUT2D eigenvalue weighted by molar-refractivity contribution is 0.415. The maximum Gasteiger partial charge on any atom is 0.297 e. The van der Waals surface area contributed by atoms with Crippen LogP contribution in [0.3, 0.4) is 0 Å². The van der Waals surface area contributed by atoms with Crippen molar-refractivity contribution in [1.29, 1.82) is 0 Å². The molecular weight excluding hydrogens is 204 g/mol. The molecule has 0 spiro atoms. The van der Waals surface area contributed by atoms with Gasteiger partial charge in [0.15, 0.2) is 5.76 Å². The highest BCUT2D eigenvalue weighted by molar-refractivity contribution is 5.58. The van der Waals surface area contributed by atoms with E-state index in [4.69, 9.17) is 9.15 Å². The molecule has 84 valence electrons. The van der Waals surface area contributed by atoms with Gasteiger partial charge in [0.1, 0.15) is 5.75 Å². The molecule has 0 atom stereocenters. The van der Waals surface area contributed by atoms with E-state index in [1.165, 1.54) is 0 Å². The van der Waals surface area contributed by atoms with E-state index < -0.39 is 0 Å². The van der Waals surface area contributed by atoms with Crippen molar-refractivity contribution in [3.63, 3.8) is 0 Å². The van der Waals surface area contributed by atoms with E-state index in [-0.39, 0.29) is 0 Å². The standard InChI is InChI=1S/C12H14N2O2/c1-14(2)12-13-8-11(16-12)9-4-6-10(15-3)7-5-9/h4-8H,1-3H3. The van der Waals surface area contributed by atoms with Gasteiger partial charge in [-0.1, -0.05) is 0 Å². The Bertz CT molecular complexity index is 460. The van der Waals surface area contributed by atoms with Crippen LogP contribution in [0, 0.1) is 0 Å². The minimum atomic E-state index is 0.603. The summed E-state index contributed by atoms with van der Waals surface area (Å²) < 4.78 is 10.7. The Morgan fingerprint density at radius 2 is 1.88 bits per heavy atom. The molecule has 0 N–H and O–H groups in total. The average molecular weight is 218 g/mol. The van der Waals surface area contributed by atoms with E-state index in [2.05, 4.69) is 4.98 Å². The third kappa shape index (κ3) is 2.00. The van der Waals surface area contributed by atoms with Crippen LogP contribution in [0.4, 0.5) is 6.01 Å². The highest BCUT2D eigenvalue weighted by Gasteiger charge is 2.07. The largest absolute Gasteiger partial charge is 0.497 e. The molecule has 1 aromatic heterocycles. The molecule has 0 saturated carbocycles. The van der Waals surface area contributed by atoms with E-state index in [1.54, 1.807) is 13.3 Å². The molecule has 0 bridgehead atoms. The van der Waals surface area contributed by atoms with Crippen molar-refractivity contribution in [2.75, 3.05) is 26.1 Å². The summed E-state index contributed by atoms with van der Waals surface area (Å²) in [6, 6.07) is 8.28. The van der Waals surface area contributed by atoms with Crippen molar-refractivity contribution in [2.24, 2.45) is 0 Å².